The first-order valence-corrected chi connectivity index (χ1v) is 9.33. The minimum atomic E-state index is 0.0346. The smallest absolute Gasteiger partial charge is 0.223 e. The number of amides is 1. The zero-order chi connectivity index (χ0) is 18.2. The minimum absolute atomic E-state index is 0.0346. The van der Waals surface area contributed by atoms with Crippen molar-refractivity contribution >= 4 is 23.0 Å². The summed E-state index contributed by atoms with van der Waals surface area (Å²) in [5.74, 6) is 0.0889. The van der Waals surface area contributed by atoms with Crippen LogP contribution >= 0.6 is 11.3 Å². The van der Waals surface area contributed by atoms with Gasteiger partial charge in [-0.05, 0) is 38.7 Å². The molecule has 0 N–H and O–H groups in total. The largest absolute Gasteiger partial charge is 0.337 e. The summed E-state index contributed by atoms with van der Waals surface area (Å²) >= 11 is 1.49. The molecule has 2 rings (SSSR count). The van der Waals surface area contributed by atoms with E-state index >= 15 is 0 Å². The van der Waals surface area contributed by atoms with E-state index in [0.29, 0.717) is 13.1 Å². The minimum Gasteiger partial charge on any atom is -0.337 e. The standard InChI is InChI=1S/C20H26N2O2S/c1-16-9-11-19(25-16)18(23)10-12-20(24)22(14-13-21(2)3)15-17-7-5-4-6-8-17/h4-9,11H,10,12-15H2,1-3H3. The number of thiophene rings is 1. The van der Waals surface area contributed by atoms with E-state index in [0.717, 1.165) is 21.9 Å². The molecule has 5 heteroatoms. The van der Waals surface area contributed by atoms with Crippen LogP contribution < -0.4 is 0 Å². The van der Waals surface area contributed by atoms with Gasteiger partial charge in [0.1, 0.15) is 0 Å². The Morgan fingerprint density at radius 3 is 2.28 bits per heavy atom. The van der Waals surface area contributed by atoms with Crippen LogP contribution in [-0.2, 0) is 11.3 Å². The zero-order valence-electron chi connectivity index (χ0n) is 15.2. The first-order chi connectivity index (χ1) is 12.0. The normalized spacial score (nSPS) is 10.9. The molecule has 0 radical (unpaired) electrons. The molecule has 0 aliphatic carbocycles. The number of nitrogens with zero attached hydrogens (tertiary/aromatic N) is 2. The molecule has 0 unspecified atom stereocenters. The lowest BCUT2D eigenvalue weighted by Gasteiger charge is -2.24. The number of rotatable bonds is 9. The van der Waals surface area contributed by atoms with E-state index < -0.39 is 0 Å². The highest BCUT2D eigenvalue weighted by Crippen LogP contribution is 2.18. The van der Waals surface area contributed by atoms with Gasteiger partial charge in [-0.2, -0.15) is 0 Å². The maximum atomic E-state index is 12.7. The second-order valence-electron chi connectivity index (χ2n) is 6.44. The van der Waals surface area contributed by atoms with Crippen molar-refractivity contribution in [1.82, 2.24) is 9.80 Å². The Balaban J connectivity index is 1.95. The van der Waals surface area contributed by atoms with E-state index in [1.54, 1.807) is 0 Å². The Hall–Kier alpha value is -1.98. The number of carbonyl (C=O) groups excluding carboxylic acids is 2. The second-order valence-corrected chi connectivity index (χ2v) is 7.73. The van der Waals surface area contributed by atoms with Gasteiger partial charge in [0, 0.05) is 37.4 Å². The van der Waals surface area contributed by atoms with E-state index in [4.69, 9.17) is 0 Å². The predicted molar refractivity (Wildman–Crippen MR) is 103 cm³/mol. The predicted octanol–water partition coefficient (Wildman–Crippen LogP) is 3.61. The third-order valence-corrected chi connectivity index (χ3v) is 5.01. The highest BCUT2D eigenvalue weighted by Gasteiger charge is 2.17. The number of Topliss-reactive ketones (excluding diaryl/α,β-unsaturated/α-hetero) is 1. The van der Waals surface area contributed by atoms with Gasteiger partial charge in [-0.1, -0.05) is 30.3 Å². The summed E-state index contributed by atoms with van der Waals surface area (Å²) in [6, 6.07) is 13.8. The van der Waals surface area contributed by atoms with Crippen molar-refractivity contribution in [1.29, 1.82) is 0 Å². The van der Waals surface area contributed by atoms with Gasteiger partial charge in [0.05, 0.1) is 4.88 Å². The number of hydrogen-bond donors (Lipinski definition) is 0. The Kier molecular flexibility index (Phi) is 7.34. The molecule has 2 aromatic rings. The zero-order valence-corrected chi connectivity index (χ0v) is 16.0. The van der Waals surface area contributed by atoms with Crippen LogP contribution in [0.3, 0.4) is 0 Å². The van der Waals surface area contributed by atoms with E-state index in [9.17, 15) is 9.59 Å². The lowest BCUT2D eigenvalue weighted by Crippen LogP contribution is -2.36. The molecule has 25 heavy (non-hydrogen) atoms. The fraction of sp³-hybridized carbons (Fsp3) is 0.400. The quantitative estimate of drug-likeness (QED) is 0.643. The molecular formula is C20H26N2O2S. The van der Waals surface area contributed by atoms with Crippen molar-refractivity contribution in [2.45, 2.75) is 26.3 Å². The summed E-state index contributed by atoms with van der Waals surface area (Å²) in [4.78, 5) is 30.7. The second kappa shape index (κ2) is 9.49. The lowest BCUT2D eigenvalue weighted by atomic mass is 10.1. The molecule has 1 aromatic heterocycles. The van der Waals surface area contributed by atoms with Gasteiger partial charge < -0.3 is 9.80 Å². The molecular weight excluding hydrogens is 332 g/mol. The van der Waals surface area contributed by atoms with Gasteiger partial charge in [0.15, 0.2) is 5.78 Å². The number of likely N-dealkylation sites (N-methyl/N-ethyl adjacent to an activating group) is 1. The lowest BCUT2D eigenvalue weighted by molar-refractivity contribution is -0.131. The van der Waals surface area contributed by atoms with Crippen molar-refractivity contribution in [2.24, 2.45) is 0 Å². The fourth-order valence-electron chi connectivity index (χ4n) is 2.50. The van der Waals surface area contributed by atoms with Crippen LogP contribution in [0.15, 0.2) is 42.5 Å². The Labute approximate surface area is 154 Å². The average molecular weight is 359 g/mol. The van der Waals surface area contributed by atoms with Gasteiger partial charge in [0.25, 0.3) is 0 Å². The maximum absolute atomic E-state index is 12.7. The Morgan fingerprint density at radius 1 is 0.960 bits per heavy atom. The van der Waals surface area contributed by atoms with Crippen LogP contribution in [0.2, 0.25) is 0 Å². The van der Waals surface area contributed by atoms with Gasteiger partial charge in [-0.25, -0.2) is 0 Å². The Morgan fingerprint density at radius 2 is 1.68 bits per heavy atom. The summed E-state index contributed by atoms with van der Waals surface area (Å²) in [5.41, 5.74) is 1.11. The molecule has 0 bridgehead atoms. The average Bonchev–Trinajstić information content (AvgIpc) is 3.03. The van der Waals surface area contributed by atoms with Crippen molar-refractivity contribution in [3.63, 3.8) is 0 Å². The summed E-state index contributed by atoms with van der Waals surface area (Å²) < 4.78 is 0. The van der Waals surface area contributed by atoms with Gasteiger partial charge in [-0.3, -0.25) is 9.59 Å². The summed E-state index contributed by atoms with van der Waals surface area (Å²) in [6.45, 7) is 4.03. The van der Waals surface area contributed by atoms with Crippen LogP contribution in [0.1, 0.15) is 33.0 Å². The van der Waals surface area contributed by atoms with Crippen LogP contribution in [-0.4, -0.2) is 48.7 Å². The molecule has 0 aliphatic heterocycles. The van der Waals surface area contributed by atoms with Crippen LogP contribution in [0.5, 0.6) is 0 Å². The molecule has 0 saturated heterocycles. The molecule has 1 aromatic carbocycles. The van der Waals surface area contributed by atoms with Crippen molar-refractivity contribution in [2.75, 3.05) is 27.2 Å². The van der Waals surface area contributed by atoms with Gasteiger partial charge in [-0.15, -0.1) is 11.3 Å². The Bertz CT molecular complexity index is 695. The van der Waals surface area contributed by atoms with Crippen LogP contribution in [0.4, 0.5) is 0 Å². The molecule has 0 atom stereocenters. The van der Waals surface area contributed by atoms with E-state index in [1.165, 1.54) is 11.3 Å². The number of carbonyl (C=O) groups is 2. The molecule has 0 saturated carbocycles. The highest BCUT2D eigenvalue weighted by atomic mass is 32.1. The highest BCUT2D eigenvalue weighted by molar-refractivity contribution is 7.14. The SMILES string of the molecule is Cc1ccc(C(=O)CCC(=O)N(CCN(C)C)Cc2ccccc2)s1. The molecule has 0 spiro atoms. The molecule has 4 nitrogen and oxygen atoms in total. The first kappa shape index (κ1) is 19.3. The van der Waals surface area contributed by atoms with Crippen LogP contribution in [0.25, 0.3) is 0 Å². The van der Waals surface area contributed by atoms with Crippen molar-refractivity contribution < 1.29 is 9.59 Å². The van der Waals surface area contributed by atoms with Gasteiger partial charge in [0.2, 0.25) is 5.91 Å². The first-order valence-electron chi connectivity index (χ1n) is 8.52. The van der Waals surface area contributed by atoms with Crippen molar-refractivity contribution in [3.8, 4) is 0 Å². The molecule has 134 valence electrons. The van der Waals surface area contributed by atoms with Crippen molar-refractivity contribution in [3.05, 3.63) is 57.8 Å². The fourth-order valence-corrected chi connectivity index (χ4v) is 3.34. The monoisotopic (exact) mass is 358 g/mol. The molecule has 0 aliphatic rings. The molecule has 1 heterocycles. The maximum Gasteiger partial charge on any atom is 0.223 e. The topological polar surface area (TPSA) is 40.6 Å². The number of benzene rings is 1. The summed E-state index contributed by atoms with van der Waals surface area (Å²) in [5, 5.41) is 0. The number of hydrogen-bond acceptors (Lipinski definition) is 4. The summed E-state index contributed by atoms with van der Waals surface area (Å²) in [6.07, 6.45) is 0.530. The van der Waals surface area contributed by atoms with E-state index in [-0.39, 0.29) is 24.5 Å². The van der Waals surface area contributed by atoms with Gasteiger partial charge >= 0.3 is 0 Å². The molecule has 0 fully saturated rings. The van der Waals surface area contributed by atoms with Crippen LogP contribution in [0, 0.1) is 6.92 Å². The summed E-state index contributed by atoms with van der Waals surface area (Å²) in [7, 11) is 3.99. The third kappa shape index (κ3) is 6.44. The molecule has 1 amide bonds. The number of ketones is 1. The van der Waals surface area contributed by atoms with E-state index in [1.807, 2.05) is 68.4 Å². The number of aryl methyl sites for hydroxylation is 1. The third-order valence-electron chi connectivity index (χ3n) is 3.97. The van der Waals surface area contributed by atoms with E-state index in [2.05, 4.69) is 4.90 Å².